The molecule has 1 atom stereocenters. The van der Waals surface area contributed by atoms with Crippen LogP contribution in [-0.4, -0.2) is 23.0 Å². The minimum atomic E-state index is -0.701. The topological polar surface area (TPSA) is 80.3 Å². The standard InChI is InChI=1S/C19H19N3O3S/c1-13(21-19(24)25-12-14-7-3-2-4-8-14)18(23)20-11-17-22-15-9-5-6-10-16(15)26-17/h2-10,13H,11-12H2,1H3,(H,20,23)(H,21,24)/t13-/m0/s1. The number of ether oxygens (including phenoxy) is 1. The lowest BCUT2D eigenvalue weighted by atomic mass is 10.2. The SMILES string of the molecule is C[C@H](NC(=O)OCc1ccccc1)C(=O)NCc1nc2ccccc2s1. The average Bonchev–Trinajstić information content (AvgIpc) is 3.08. The quantitative estimate of drug-likeness (QED) is 0.699. The van der Waals surface area contributed by atoms with Crippen LogP contribution in [0.3, 0.4) is 0 Å². The van der Waals surface area contributed by atoms with Gasteiger partial charge < -0.3 is 15.4 Å². The fourth-order valence-corrected chi connectivity index (χ4v) is 3.23. The zero-order valence-electron chi connectivity index (χ0n) is 14.3. The molecule has 134 valence electrons. The van der Waals surface area contributed by atoms with E-state index in [1.807, 2.05) is 54.6 Å². The number of nitrogens with zero attached hydrogens (tertiary/aromatic N) is 1. The maximum Gasteiger partial charge on any atom is 0.408 e. The van der Waals surface area contributed by atoms with Gasteiger partial charge in [0.1, 0.15) is 17.7 Å². The fourth-order valence-electron chi connectivity index (χ4n) is 2.32. The Bertz CT molecular complexity index is 862. The van der Waals surface area contributed by atoms with Crippen LogP contribution in [-0.2, 0) is 22.7 Å². The van der Waals surface area contributed by atoms with Crippen LogP contribution >= 0.6 is 11.3 Å². The van der Waals surface area contributed by atoms with Crippen molar-refractivity contribution in [1.29, 1.82) is 0 Å². The van der Waals surface area contributed by atoms with Crippen LogP contribution in [0.15, 0.2) is 54.6 Å². The van der Waals surface area contributed by atoms with Gasteiger partial charge in [-0.1, -0.05) is 42.5 Å². The molecule has 7 heteroatoms. The smallest absolute Gasteiger partial charge is 0.408 e. The molecule has 0 unspecified atom stereocenters. The second kappa shape index (κ2) is 8.44. The first-order chi connectivity index (χ1) is 12.6. The van der Waals surface area contributed by atoms with Gasteiger partial charge in [0.15, 0.2) is 0 Å². The molecule has 2 aromatic carbocycles. The Hall–Kier alpha value is -2.93. The van der Waals surface area contributed by atoms with Crippen molar-refractivity contribution >= 4 is 33.6 Å². The Morgan fingerprint density at radius 2 is 1.85 bits per heavy atom. The zero-order chi connectivity index (χ0) is 18.4. The van der Waals surface area contributed by atoms with Gasteiger partial charge in [-0.15, -0.1) is 11.3 Å². The molecule has 0 bridgehead atoms. The number of nitrogens with one attached hydrogen (secondary N) is 2. The van der Waals surface area contributed by atoms with Crippen molar-refractivity contribution in [3.63, 3.8) is 0 Å². The molecular formula is C19H19N3O3S. The van der Waals surface area contributed by atoms with E-state index >= 15 is 0 Å². The first kappa shape index (κ1) is 17.9. The van der Waals surface area contributed by atoms with E-state index in [-0.39, 0.29) is 12.5 Å². The summed E-state index contributed by atoms with van der Waals surface area (Å²) in [7, 11) is 0. The summed E-state index contributed by atoms with van der Waals surface area (Å²) in [6.07, 6.45) is -0.628. The van der Waals surface area contributed by atoms with Crippen LogP contribution < -0.4 is 10.6 Å². The molecule has 6 nitrogen and oxygen atoms in total. The minimum Gasteiger partial charge on any atom is -0.445 e. The van der Waals surface area contributed by atoms with Gasteiger partial charge in [0.25, 0.3) is 0 Å². The van der Waals surface area contributed by atoms with Crippen LogP contribution in [0.1, 0.15) is 17.5 Å². The summed E-state index contributed by atoms with van der Waals surface area (Å²) in [5.41, 5.74) is 1.80. The Morgan fingerprint density at radius 3 is 2.62 bits per heavy atom. The van der Waals surface area contributed by atoms with Gasteiger partial charge in [0.05, 0.1) is 16.8 Å². The minimum absolute atomic E-state index is 0.159. The van der Waals surface area contributed by atoms with Crippen molar-refractivity contribution in [1.82, 2.24) is 15.6 Å². The van der Waals surface area contributed by atoms with Crippen molar-refractivity contribution in [3.8, 4) is 0 Å². The van der Waals surface area contributed by atoms with Crippen molar-refractivity contribution in [2.75, 3.05) is 0 Å². The van der Waals surface area contributed by atoms with E-state index < -0.39 is 12.1 Å². The number of amides is 2. The summed E-state index contributed by atoms with van der Waals surface area (Å²) < 4.78 is 6.19. The predicted octanol–water partition coefficient (Wildman–Crippen LogP) is 3.23. The molecule has 26 heavy (non-hydrogen) atoms. The summed E-state index contributed by atoms with van der Waals surface area (Å²) in [5.74, 6) is -0.291. The number of carbonyl (C=O) groups is 2. The average molecular weight is 369 g/mol. The van der Waals surface area contributed by atoms with E-state index in [2.05, 4.69) is 15.6 Å². The van der Waals surface area contributed by atoms with Gasteiger partial charge in [-0.05, 0) is 24.6 Å². The van der Waals surface area contributed by atoms with Crippen molar-refractivity contribution in [2.45, 2.75) is 26.1 Å². The number of para-hydroxylation sites is 1. The fraction of sp³-hybridized carbons (Fsp3) is 0.211. The molecular weight excluding hydrogens is 350 g/mol. The predicted molar refractivity (Wildman–Crippen MR) is 101 cm³/mol. The van der Waals surface area contributed by atoms with E-state index in [1.165, 1.54) is 11.3 Å². The molecule has 0 spiro atoms. The van der Waals surface area contributed by atoms with Crippen molar-refractivity contribution in [3.05, 3.63) is 65.2 Å². The van der Waals surface area contributed by atoms with Gasteiger partial charge in [0.2, 0.25) is 5.91 Å². The number of carbonyl (C=O) groups excluding carboxylic acids is 2. The van der Waals surface area contributed by atoms with E-state index in [1.54, 1.807) is 6.92 Å². The summed E-state index contributed by atoms with van der Waals surface area (Å²) in [6, 6.07) is 16.5. The number of rotatable bonds is 6. The zero-order valence-corrected chi connectivity index (χ0v) is 15.1. The number of benzene rings is 2. The highest BCUT2D eigenvalue weighted by molar-refractivity contribution is 7.18. The second-order valence-corrected chi connectivity index (χ2v) is 6.84. The summed E-state index contributed by atoms with van der Waals surface area (Å²) in [6.45, 7) is 2.09. The second-order valence-electron chi connectivity index (χ2n) is 5.72. The van der Waals surface area contributed by atoms with Crippen molar-refractivity contribution < 1.29 is 14.3 Å². The van der Waals surface area contributed by atoms with Crippen LogP contribution in [0.4, 0.5) is 4.79 Å². The normalized spacial score (nSPS) is 11.7. The number of fused-ring (bicyclic) bond motifs is 1. The molecule has 0 aliphatic carbocycles. The molecule has 3 rings (SSSR count). The summed E-state index contributed by atoms with van der Waals surface area (Å²) in [4.78, 5) is 28.4. The third-order valence-corrected chi connectivity index (χ3v) is 4.73. The molecule has 0 saturated heterocycles. The maximum atomic E-state index is 12.1. The lowest BCUT2D eigenvalue weighted by Crippen LogP contribution is -2.44. The van der Waals surface area contributed by atoms with Gasteiger partial charge in [0, 0.05) is 0 Å². The van der Waals surface area contributed by atoms with Gasteiger partial charge >= 0.3 is 6.09 Å². The van der Waals surface area contributed by atoms with Gasteiger partial charge in [-0.25, -0.2) is 9.78 Å². The molecule has 3 aromatic rings. The summed E-state index contributed by atoms with van der Waals surface area (Å²) >= 11 is 1.53. The maximum absolute atomic E-state index is 12.1. The highest BCUT2D eigenvalue weighted by Crippen LogP contribution is 2.21. The highest BCUT2D eigenvalue weighted by atomic mass is 32.1. The van der Waals surface area contributed by atoms with Crippen LogP contribution in [0, 0.1) is 0 Å². The lowest BCUT2D eigenvalue weighted by molar-refractivity contribution is -0.122. The molecule has 2 N–H and O–H groups in total. The van der Waals surface area contributed by atoms with Crippen LogP contribution in [0.5, 0.6) is 0 Å². The number of alkyl carbamates (subject to hydrolysis) is 1. The molecule has 0 radical (unpaired) electrons. The molecule has 0 saturated carbocycles. The highest BCUT2D eigenvalue weighted by Gasteiger charge is 2.16. The van der Waals surface area contributed by atoms with E-state index in [0.29, 0.717) is 6.54 Å². The first-order valence-electron chi connectivity index (χ1n) is 8.21. The first-order valence-corrected chi connectivity index (χ1v) is 9.03. The molecule has 1 heterocycles. The Kier molecular flexibility index (Phi) is 5.80. The summed E-state index contributed by atoms with van der Waals surface area (Å²) in [5, 5.41) is 6.12. The third kappa shape index (κ3) is 4.80. The van der Waals surface area contributed by atoms with E-state index in [9.17, 15) is 9.59 Å². The van der Waals surface area contributed by atoms with Gasteiger partial charge in [-0.2, -0.15) is 0 Å². The number of hydrogen-bond donors (Lipinski definition) is 2. The van der Waals surface area contributed by atoms with Gasteiger partial charge in [-0.3, -0.25) is 4.79 Å². The van der Waals surface area contributed by atoms with E-state index in [4.69, 9.17) is 4.74 Å². The van der Waals surface area contributed by atoms with Crippen LogP contribution in [0.2, 0.25) is 0 Å². The Morgan fingerprint density at radius 1 is 1.12 bits per heavy atom. The molecule has 2 amide bonds. The molecule has 1 aromatic heterocycles. The monoisotopic (exact) mass is 369 g/mol. The molecule has 0 fully saturated rings. The Balaban J connectivity index is 1.44. The van der Waals surface area contributed by atoms with Crippen LogP contribution in [0.25, 0.3) is 10.2 Å². The largest absolute Gasteiger partial charge is 0.445 e. The Labute approximate surface area is 155 Å². The molecule has 0 aliphatic heterocycles. The lowest BCUT2D eigenvalue weighted by Gasteiger charge is -2.13. The van der Waals surface area contributed by atoms with E-state index in [0.717, 1.165) is 20.8 Å². The van der Waals surface area contributed by atoms with Crippen molar-refractivity contribution in [2.24, 2.45) is 0 Å². The number of thiazole rings is 1. The number of aromatic nitrogens is 1. The third-order valence-electron chi connectivity index (χ3n) is 3.69. The number of hydrogen-bond acceptors (Lipinski definition) is 5. The molecule has 0 aliphatic rings.